The normalized spacial score (nSPS) is 14.7. The van der Waals surface area contributed by atoms with Crippen LogP contribution in [0.25, 0.3) is 10.9 Å². The quantitative estimate of drug-likeness (QED) is 0.290. The third-order valence-corrected chi connectivity index (χ3v) is 4.54. The predicted octanol–water partition coefficient (Wildman–Crippen LogP) is -1.28. The van der Waals surface area contributed by atoms with Gasteiger partial charge in [0.15, 0.2) is 6.10 Å². The summed E-state index contributed by atoms with van der Waals surface area (Å²) >= 11 is 0. The van der Waals surface area contributed by atoms with Crippen molar-refractivity contribution in [2.45, 2.75) is 43.9 Å². The number of aromatic nitrogens is 1. The summed E-state index contributed by atoms with van der Waals surface area (Å²) in [6, 6.07) is 3.94. The van der Waals surface area contributed by atoms with Crippen LogP contribution >= 0.6 is 0 Å². The van der Waals surface area contributed by atoms with Crippen molar-refractivity contribution in [1.29, 1.82) is 0 Å². The molecule has 0 saturated heterocycles. The van der Waals surface area contributed by atoms with Crippen molar-refractivity contribution in [2.24, 2.45) is 0 Å². The molecule has 146 valence electrons. The highest BCUT2D eigenvalue weighted by molar-refractivity contribution is 5.85. The van der Waals surface area contributed by atoms with E-state index >= 15 is 0 Å². The van der Waals surface area contributed by atoms with Crippen molar-refractivity contribution < 1.29 is 40.1 Å². The van der Waals surface area contributed by atoms with Crippen LogP contribution in [0.1, 0.15) is 19.5 Å². The molecule has 0 amide bonds. The lowest BCUT2D eigenvalue weighted by Gasteiger charge is -2.35. The summed E-state index contributed by atoms with van der Waals surface area (Å²) in [6.07, 6.45) is -2.11. The lowest BCUT2D eigenvalue weighted by Crippen LogP contribution is -2.50. The van der Waals surface area contributed by atoms with Gasteiger partial charge in [0.05, 0.1) is 23.2 Å². The average Bonchev–Trinajstić information content (AvgIpc) is 2.82. The van der Waals surface area contributed by atoms with Crippen molar-refractivity contribution in [1.82, 2.24) is 4.57 Å². The smallest absolute Gasteiger partial charge is 0.304 e. The summed E-state index contributed by atoms with van der Waals surface area (Å²) in [7, 11) is 1.51. The Morgan fingerprint density at radius 2 is 1.65 bits per heavy atom. The van der Waals surface area contributed by atoms with Crippen LogP contribution in [0.2, 0.25) is 0 Å². The summed E-state index contributed by atoms with van der Waals surface area (Å²) in [5.74, 6) is -7.26. The molecule has 8 N–H and O–H groups in total. The minimum Gasteiger partial charge on any atom is -0.386 e. The maximum atomic E-state index is 14.2. The van der Waals surface area contributed by atoms with E-state index in [-0.39, 0.29) is 16.9 Å². The Hall–Kier alpha value is -1.79. The minimum atomic E-state index is -3.43. The molecule has 0 aliphatic carbocycles. The molecule has 0 fully saturated rings. The van der Waals surface area contributed by atoms with Gasteiger partial charge in [-0.2, -0.15) is 0 Å². The highest BCUT2D eigenvalue weighted by Crippen LogP contribution is 2.37. The van der Waals surface area contributed by atoms with Gasteiger partial charge in [-0.15, -0.1) is 0 Å². The van der Waals surface area contributed by atoms with E-state index < -0.39 is 35.8 Å². The van der Waals surface area contributed by atoms with E-state index in [0.717, 1.165) is 10.6 Å². The van der Waals surface area contributed by atoms with Crippen molar-refractivity contribution in [3.63, 3.8) is 0 Å². The summed E-state index contributed by atoms with van der Waals surface area (Å²) in [6.45, 7) is 1.92. The molecule has 10 heteroatoms. The number of halogens is 1. The first-order valence-electron chi connectivity index (χ1n) is 7.73. The second-order valence-electron chi connectivity index (χ2n) is 6.74. The number of hydrogen-bond donors (Lipinski definition) is 8. The minimum absolute atomic E-state index is 0.0379. The third-order valence-electron chi connectivity index (χ3n) is 4.54. The summed E-state index contributed by atoms with van der Waals surface area (Å²) < 4.78 is 15.3. The summed E-state index contributed by atoms with van der Waals surface area (Å²) in [4.78, 5) is 0. The van der Waals surface area contributed by atoms with Crippen LogP contribution in [0.15, 0.2) is 18.2 Å². The standard InChI is InChI=1S/C16H23FN2O7/c1-14(2,16(24,25)26)12-5-8-4-10(18-3)9(17)6-11(8)19(12)7-13(20)15(21,22)23/h4-6,13,18,20-26H,7H2,1-3H3. The number of rotatable bonds is 6. The molecule has 2 rings (SSSR count). The van der Waals surface area contributed by atoms with Crippen LogP contribution in [-0.4, -0.2) is 65.4 Å². The zero-order valence-electron chi connectivity index (χ0n) is 14.5. The van der Waals surface area contributed by atoms with Gasteiger partial charge in [0.1, 0.15) is 5.82 Å². The molecular formula is C16H23FN2O7. The fraction of sp³-hybridized carbons (Fsp3) is 0.500. The number of benzene rings is 1. The molecule has 0 radical (unpaired) electrons. The molecule has 0 aliphatic rings. The number of aliphatic hydroxyl groups is 7. The zero-order chi connectivity index (χ0) is 20.1. The molecule has 0 saturated carbocycles. The first kappa shape index (κ1) is 20.5. The topological polar surface area (TPSA) is 159 Å². The van der Waals surface area contributed by atoms with Gasteiger partial charge in [-0.3, -0.25) is 0 Å². The van der Waals surface area contributed by atoms with Crippen molar-refractivity contribution in [3.8, 4) is 0 Å². The Balaban J connectivity index is 2.75. The van der Waals surface area contributed by atoms with Gasteiger partial charge in [-0.1, -0.05) is 0 Å². The zero-order valence-corrected chi connectivity index (χ0v) is 14.5. The molecule has 0 bridgehead atoms. The predicted molar refractivity (Wildman–Crippen MR) is 89.3 cm³/mol. The van der Waals surface area contributed by atoms with Gasteiger partial charge in [-0.05, 0) is 26.0 Å². The molecule has 1 aromatic carbocycles. The van der Waals surface area contributed by atoms with E-state index in [9.17, 15) is 24.8 Å². The molecule has 2 aromatic rings. The van der Waals surface area contributed by atoms with Gasteiger partial charge >= 0.3 is 5.97 Å². The monoisotopic (exact) mass is 374 g/mol. The van der Waals surface area contributed by atoms with Crippen LogP contribution in [0.3, 0.4) is 0 Å². The van der Waals surface area contributed by atoms with Crippen molar-refractivity contribution >= 4 is 16.6 Å². The van der Waals surface area contributed by atoms with Gasteiger partial charge in [0.2, 0.25) is 0 Å². The Bertz CT molecular complexity index is 806. The van der Waals surface area contributed by atoms with E-state index in [2.05, 4.69) is 5.32 Å². The molecule has 26 heavy (non-hydrogen) atoms. The highest BCUT2D eigenvalue weighted by atomic mass is 19.1. The summed E-state index contributed by atoms with van der Waals surface area (Å²) in [5.41, 5.74) is -1.37. The second kappa shape index (κ2) is 6.43. The largest absolute Gasteiger partial charge is 0.386 e. The lowest BCUT2D eigenvalue weighted by molar-refractivity contribution is -0.357. The lowest BCUT2D eigenvalue weighted by atomic mass is 9.86. The van der Waals surface area contributed by atoms with Crippen LogP contribution in [0.5, 0.6) is 0 Å². The molecule has 1 aromatic heterocycles. The molecule has 0 aliphatic heterocycles. The Kier molecular flexibility index (Phi) is 5.07. The molecule has 1 atom stereocenters. The number of nitrogens with one attached hydrogen (secondary N) is 1. The SMILES string of the molecule is CNc1cc2cc(C(C)(C)C(O)(O)O)n(CC(O)C(O)(O)O)c2cc1F. The number of hydrogen-bond acceptors (Lipinski definition) is 8. The van der Waals surface area contributed by atoms with E-state index in [1.807, 2.05) is 0 Å². The number of anilines is 1. The van der Waals surface area contributed by atoms with E-state index in [1.54, 1.807) is 0 Å². The summed E-state index contributed by atoms with van der Waals surface area (Å²) in [5, 5.41) is 69.5. The van der Waals surface area contributed by atoms with Gasteiger partial charge in [0, 0.05) is 24.2 Å². The van der Waals surface area contributed by atoms with Crippen molar-refractivity contribution in [3.05, 3.63) is 29.7 Å². The van der Waals surface area contributed by atoms with Gasteiger partial charge < -0.3 is 45.6 Å². The Labute approximate surface area is 148 Å². The molecule has 1 unspecified atom stereocenters. The second-order valence-corrected chi connectivity index (χ2v) is 6.74. The third kappa shape index (κ3) is 3.53. The molecule has 1 heterocycles. The molecule has 9 nitrogen and oxygen atoms in total. The fourth-order valence-electron chi connectivity index (χ4n) is 2.66. The van der Waals surface area contributed by atoms with Crippen LogP contribution in [0, 0.1) is 5.82 Å². The van der Waals surface area contributed by atoms with Gasteiger partial charge in [-0.25, -0.2) is 4.39 Å². The van der Waals surface area contributed by atoms with Crippen molar-refractivity contribution in [2.75, 3.05) is 12.4 Å². The number of aliphatic hydroxyl groups excluding tert-OH is 1. The fourth-order valence-corrected chi connectivity index (χ4v) is 2.66. The first-order chi connectivity index (χ1) is 11.7. The van der Waals surface area contributed by atoms with Crippen LogP contribution in [0.4, 0.5) is 10.1 Å². The van der Waals surface area contributed by atoms with Crippen LogP contribution in [-0.2, 0) is 12.0 Å². The average molecular weight is 374 g/mol. The maximum Gasteiger partial charge on any atom is 0.304 e. The van der Waals surface area contributed by atoms with Gasteiger partial charge in [0.25, 0.3) is 5.97 Å². The highest BCUT2D eigenvalue weighted by Gasteiger charge is 2.45. The first-order valence-corrected chi connectivity index (χ1v) is 7.73. The van der Waals surface area contributed by atoms with Crippen LogP contribution < -0.4 is 5.32 Å². The Morgan fingerprint density at radius 3 is 2.12 bits per heavy atom. The Morgan fingerprint density at radius 1 is 1.08 bits per heavy atom. The van der Waals surface area contributed by atoms with E-state index in [1.165, 1.54) is 33.0 Å². The molecular weight excluding hydrogens is 351 g/mol. The maximum absolute atomic E-state index is 14.2. The number of fused-ring (bicyclic) bond motifs is 1. The number of nitrogens with zero attached hydrogens (tertiary/aromatic N) is 1. The van der Waals surface area contributed by atoms with E-state index in [0.29, 0.717) is 5.39 Å². The van der Waals surface area contributed by atoms with E-state index in [4.69, 9.17) is 15.3 Å². The molecule has 0 spiro atoms.